The Kier molecular flexibility index (Phi) is 13.6. The molecule has 3 heterocycles. The summed E-state index contributed by atoms with van der Waals surface area (Å²) in [4.78, 5) is 53.1. The van der Waals surface area contributed by atoms with E-state index in [2.05, 4.69) is 49.8 Å². The fourth-order valence-corrected chi connectivity index (χ4v) is 8.11. The van der Waals surface area contributed by atoms with Crippen LogP contribution in [0.1, 0.15) is 62.8 Å². The van der Waals surface area contributed by atoms with Crippen LogP contribution >= 0.6 is 0 Å². The highest BCUT2D eigenvalue weighted by Crippen LogP contribution is 2.34. The van der Waals surface area contributed by atoms with Crippen LogP contribution in [0, 0.1) is 5.92 Å². The number of carbonyl (C=O) groups excluding carboxylic acids is 2. The number of aliphatic hydroxyl groups is 2. The van der Waals surface area contributed by atoms with Crippen molar-refractivity contribution in [3.63, 3.8) is 0 Å². The van der Waals surface area contributed by atoms with Gasteiger partial charge in [-0.2, -0.15) is 0 Å². The summed E-state index contributed by atoms with van der Waals surface area (Å²) in [7, 11) is 0. The molecule has 8 rings (SSSR count). The molecule has 2 aromatic heterocycles. The van der Waals surface area contributed by atoms with Gasteiger partial charge in [0.1, 0.15) is 5.75 Å². The number of likely N-dealkylation sites (tertiary alicyclic amines) is 1. The number of fused-ring (bicyclic) bond motifs is 1. The number of phenolic OH excluding ortho intramolecular Hbond substituents is 1. The highest BCUT2D eigenvalue weighted by Gasteiger charge is 2.42. The van der Waals surface area contributed by atoms with Gasteiger partial charge in [0, 0.05) is 54.0 Å². The first-order valence-electron chi connectivity index (χ1n) is 21.4. The first-order chi connectivity index (χ1) is 31.1. The second kappa shape index (κ2) is 20.0. The summed E-state index contributed by atoms with van der Waals surface area (Å²) in [5, 5.41) is 40.0. The summed E-state index contributed by atoms with van der Waals surface area (Å²) in [6.07, 6.45) is 2.48. The molecular weight excluding hydrogens is 809 g/mol. The number of hydrogen-bond donors (Lipinski definition) is 6. The van der Waals surface area contributed by atoms with Gasteiger partial charge < -0.3 is 35.7 Å². The molecule has 64 heavy (non-hydrogen) atoms. The molecule has 0 spiro atoms. The molecule has 6 N–H and O–H groups in total. The normalized spacial score (nSPS) is 14.7. The molecule has 0 saturated carbocycles. The Bertz CT molecular complexity index is 2760. The number of nitrogens with one attached hydrogen (secondary N) is 3. The fraction of sp³-hybridized carbons (Fsp3) is 0.235. The lowest BCUT2D eigenvalue weighted by Gasteiger charge is -2.33. The third-order valence-electron chi connectivity index (χ3n) is 11.7. The number of benzene rings is 5. The van der Waals surface area contributed by atoms with Crippen molar-refractivity contribution in [2.45, 2.75) is 44.2 Å². The third-order valence-corrected chi connectivity index (χ3v) is 11.7. The van der Waals surface area contributed by atoms with Crippen molar-refractivity contribution in [2.75, 3.05) is 26.2 Å². The van der Waals surface area contributed by atoms with Crippen LogP contribution in [0.4, 0.5) is 0 Å². The number of esters is 1. The monoisotopic (exact) mass is 858 g/mol. The molecule has 1 amide bonds. The van der Waals surface area contributed by atoms with Gasteiger partial charge in [0.25, 0.3) is 5.91 Å². The zero-order chi connectivity index (χ0) is 44.5. The van der Waals surface area contributed by atoms with Gasteiger partial charge in [-0.15, -0.1) is 0 Å². The van der Waals surface area contributed by atoms with Crippen LogP contribution in [-0.2, 0) is 34.8 Å². The number of aromatic amines is 1. The molecule has 7 aromatic rings. The van der Waals surface area contributed by atoms with Gasteiger partial charge in [0.15, 0.2) is 5.82 Å². The maximum absolute atomic E-state index is 14.0. The van der Waals surface area contributed by atoms with E-state index in [4.69, 9.17) is 9.72 Å². The molecule has 1 fully saturated rings. The predicted octanol–water partition coefficient (Wildman–Crippen LogP) is 6.14. The Morgan fingerprint density at radius 3 is 2.33 bits per heavy atom. The third kappa shape index (κ3) is 10.3. The van der Waals surface area contributed by atoms with E-state index < -0.39 is 17.7 Å². The second-order valence-electron chi connectivity index (χ2n) is 16.1. The maximum Gasteiger partial charge on any atom is 0.347 e. The lowest BCUT2D eigenvalue weighted by Crippen LogP contribution is -2.40. The van der Waals surface area contributed by atoms with Gasteiger partial charge >= 0.3 is 5.97 Å². The van der Waals surface area contributed by atoms with E-state index in [9.17, 15) is 29.7 Å². The topological polar surface area (TPSA) is 190 Å². The number of phenols is 1. The summed E-state index contributed by atoms with van der Waals surface area (Å²) in [5.41, 5.74) is 2.87. The minimum absolute atomic E-state index is 0.0730. The molecule has 326 valence electrons. The number of aromatic nitrogens is 3. The number of H-pyrrole nitrogens is 1. The molecule has 13 heteroatoms. The van der Waals surface area contributed by atoms with Crippen molar-refractivity contribution in [1.82, 2.24) is 30.5 Å². The van der Waals surface area contributed by atoms with E-state index in [1.165, 1.54) is 17.7 Å². The van der Waals surface area contributed by atoms with Crippen molar-refractivity contribution < 1.29 is 29.6 Å². The van der Waals surface area contributed by atoms with Gasteiger partial charge in [-0.05, 0) is 90.5 Å². The van der Waals surface area contributed by atoms with Gasteiger partial charge in [-0.25, -0.2) is 14.8 Å². The van der Waals surface area contributed by atoms with E-state index in [0.717, 1.165) is 38.0 Å². The number of ether oxygens (including phenoxy) is 1. The molecule has 0 aliphatic carbocycles. The molecule has 1 aliphatic heterocycles. The number of amides is 1. The zero-order valence-electron chi connectivity index (χ0n) is 35.2. The molecule has 2 atom stereocenters. The molecule has 0 unspecified atom stereocenters. The molecule has 1 aliphatic rings. The van der Waals surface area contributed by atoms with E-state index >= 15 is 0 Å². The van der Waals surface area contributed by atoms with E-state index in [1.807, 2.05) is 24.3 Å². The first kappa shape index (κ1) is 43.6. The Morgan fingerprint density at radius 1 is 0.828 bits per heavy atom. The van der Waals surface area contributed by atoms with E-state index in [-0.39, 0.29) is 48.3 Å². The van der Waals surface area contributed by atoms with Crippen LogP contribution in [0.2, 0.25) is 0 Å². The number of nitrogens with zero attached hydrogens (tertiary/aromatic N) is 3. The van der Waals surface area contributed by atoms with Crippen LogP contribution in [0.25, 0.3) is 22.3 Å². The standard InChI is InChI=1S/C51H50N6O7/c58-44-20-18-42(43-19-21-46(60)56-47(43)44)45(59)31-52-29-34-14-16-37(17-15-34)49(61)54-30-41-22-25-53-48(55-41)38-10-7-13-40(28-38)51(63,39-11-5-2-6-12-39)50(62)64-33-36-23-26-57(27-24-36)32-35-8-3-1-4-9-35/h1-22,25,28,36,45,52,58-59,63H,23-24,26-27,29-33H2,(H,54,61)(H,56,60)/t45-,51-/m0/s1. The maximum atomic E-state index is 14.0. The quantitative estimate of drug-likeness (QED) is 0.0613. The number of aliphatic hydroxyl groups excluding tert-OH is 1. The highest BCUT2D eigenvalue weighted by molar-refractivity contribution is 5.94. The Balaban J connectivity index is 0.864. The van der Waals surface area contributed by atoms with Crippen LogP contribution in [0.3, 0.4) is 0 Å². The lowest BCUT2D eigenvalue weighted by molar-refractivity contribution is -0.164. The molecule has 0 radical (unpaired) electrons. The molecule has 0 bridgehead atoms. The number of piperidine rings is 1. The number of aromatic hydroxyl groups is 1. The van der Waals surface area contributed by atoms with Crippen LogP contribution in [-0.4, -0.2) is 73.3 Å². The van der Waals surface area contributed by atoms with Crippen molar-refractivity contribution in [3.8, 4) is 17.1 Å². The van der Waals surface area contributed by atoms with Crippen molar-refractivity contribution in [1.29, 1.82) is 0 Å². The van der Waals surface area contributed by atoms with Gasteiger partial charge in [0.2, 0.25) is 11.2 Å². The molecule has 13 nitrogen and oxygen atoms in total. The van der Waals surface area contributed by atoms with Crippen LogP contribution in [0.15, 0.2) is 151 Å². The van der Waals surface area contributed by atoms with E-state index in [1.54, 1.807) is 85.1 Å². The molecular formula is C51H50N6O7. The van der Waals surface area contributed by atoms with Crippen molar-refractivity contribution >= 4 is 22.8 Å². The number of hydrogen-bond acceptors (Lipinski definition) is 11. The summed E-state index contributed by atoms with van der Waals surface area (Å²) in [6.45, 7) is 3.67. The predicted molar refractivity (Wildman–Crippen MR) is 243 cm³/mol. The van der Waals surface area contributed by atoms with Crippen LogP contribution < -0.4 is 16.2 Å². The van der Waals surface area contributed by atoms with E-state index in [0.29, 0.717) is 51.3 Å². The zero-order valence-corrected chi connectivity index (χ0v) is 35.2. The van der Waals surface area contributed by atoms with Gasteiger partial charge in [0.05, 0.1) is 30.5 Å². The summed E-state index contributed by atoms with van der Waals surface area (Å²) < 4.78 is 5.92. The Morgan fingerprint density at radius 2 is 1.56 bits per heavy atom. The fourth-order valence-electron chi connectivity index (χ4n) is 8.11. The van der Waals surface area contributed by atoms with Crippen molar-refractivity contribution in [3.05, 3.63) is 195 Å². The van der Waals surface area contributed by atoms with Gasteiger partial charge in [-0.3, -0.25) is 14.5 Å². The van der Waals surface area contributed by atoms with Gasteiger partial charge in [-0.1, -0.05) is 97.1 Å². The highest BCUT2D eigenvalue weighted by atomic mass is 16.5. The summed E-state index contributed by atoms with van der Waals surface area (Å²) >= 11 is 0. The average molecular weight is 859 g/mol. The van der Waals surface area contributed by atoms with Crippen molar-refractivity contribution in [2.24, 2.45) is 5.92 Å². The average Bonchev–Trinajstić information content (AvgIpc) is 3.34. The molecule has 5 aromatic carbocycles. The van der Waals surface area contributed by atoms with Crippen LogP contribution in [0.5, 0.6) is 5.75 Å². The molecule has 1 saturated heterocycles. The minimum atomic E-state index is -2.09. The second-order valence-corrected chi connectivity index (χ2v) is 16.1. The smallest absolute Gasteiger partial charge is 0.347 e. The number of carbonyl (C=O) groups is 2. The lowest BCUT2D eigenvalue weighted by atomic mass is 9.85. The summed E-state index contributed by atoms with van der Waals surface area (Å²) in [6, 6.07) is 40.9. The Labute approximate surface area is 370 Å². The Hall–Kier alpha value is -7.03. The SMILES string of the molecule is O=C(NCc1ccnc(-c2cccc([C@](O)(C(=O)OCC3CCN(Cc4ccccc4)CC3)c3ccccc3)c2)n1)c1ccc(CNC[C@H](O)c2ccc(O)c3[nH]c(=O)ccc23)cc1. The number of pyridine rings is 1. The number of rotatable bonds is 16. The minimum Gasteiger partial charge on any atom is -0.506 e. The summed E-state index contributed by atoms with van der Waals surface area (Å²) in [5.74, 6) is -0.572. The first-order valence-corrected chi connectivity index (χ1v) is 21.4. The largest absolute Gasteiger partial charge is 0.506 e.